The van der Waals surface area contributed by atoms with Gasteiger partial charge in [-0.05, 0) is 74.6 Å². The SMILES string of the molecule is Cc1cc(NC2CCC(NC(=O)c3ccc(F)cc3)CC2)nc2ccccc12. The molecule has 0 aliphatic heterocycles. The molecule has 1 aliphatic carbocycles. The van der Waals surface area contributed by atoms with Gasteiger partial charge >= 0.3 is 0 Å². The van der Waals surface area contributed by atoms with E-state index < -0.39 is 0 Å². The van der Waals surface area contributed by atoms with Gasteiger partial charge in [0.25, 0.3) is 5.91 Å². The van der Waals surface area contributed by atoms with Gasteiger partial charge in [0.15, 0.2) is 0 Å². The maximum atomic E-state index is 13.0. The summed E-state index contributed by atoms with van der Waals surface area (Å²) in [6.07, 6.45) is 3.78. The van der Waals surface area contributed by atoms with E-state index in [1.165, 1.54) is 35.2 Å². The number of carbonyl (C=O) groups excluding carboxylic acids is 1. The zero-order chi connectivity index (χ0) is 19.5. The number of nitrogens with zero attached hydrogens (tertiary/aromatic N) is 1. The topological polar surface area (TPSA) is 54.0 Å². The highest BCUT2D eigenvalue weighted by atomic mass is 19.1. The molecule has 3 aromatic rings. The standard InChI is InChI=1S/C23H24FN3O/c1-15-14-22(27-21-5-3-2-4-20(15)21)25-18-10-12-19(13-11-18)26-23(28)16-6-8-17(24)9-7-16/h2-9,14,18-19H,10-13H2,1H3,(H,25,27)(H,26,28). The molecule has 1 heterocycles. The van der Waals surface area contributed by atoms with Gasteiger partial charge in [0.1, 0.15) is 11.6 Å². The highest BCUT2D eigenvalue weighted by molar-refractivity contribution is 5.94. The van der Waals surface area contributed by atoms with Gasteiger partial charge in [-0.3, -0.25) is 4.79 Å². The number of halogens is 1. The number of hydrogen-bond acceptors (Lipinski definition) is 3. The number of fused-ring (bicyclic) bond motifs is 1. The van der Waals surface area contributed by atoms with Crippen LogP contribution >= 0.6 is 0 Å². The number of aryl methyl sites for hydroxylation is 1. The molecule has 0 bridgehead atoms. The summed E-state index contributed by atoms with van der Waals surface area (Å²) in [6.45, 7) is 2.11. The van der Waals surface area contributed by atoms with Crippen molar-refractivity contribution in [1.82, 2.24) is 10.3 Å². The Bertz CT molecular complexity index is 979. The fourth-order valence-electron chi connectivity index (χ4n) is 3.88. The molecule has 2 N–H and O–H groups in total. The van der Waals surface area contributed by atoms with Crippen LogP contribution in [-0.4, -0.2) is 23.0 Å². The summed E-state index contributed by atoms with van der Waals surface area (Å²) in [5, 5.41) is 7.81. The van der Waals surface area contributed by atoms with E-state index in [1.54, 1.807) is 0 Å². The molecule has 0 atom stereocenters. The van der Waals surface area contributed by atoms with E-state index in [-0.39, 0.29) is 17.8 Å². The summed E-state index contributed by atoms with van der Waals surface area (Å²) >= 11 is 0. The van der Waals surface area contributed by atoms with Crippen LogP contribution in [0, 0.1) is 12.7 Å². The molecule has 1 saturated carbocycles. The lowest BCUT2D eigenvalue weighted by molar-refractivity contribution is 0.0926. The van der Waals surface area contributed by atoms with Crippen LogP contribution in [0.25, 0.3) is 10.9 Å². The van der Waals surface area contributed by atoms with Crippen LogP contribution in [-0.2, 0) is 0 Å². The highest BCUT2D eigenvalue weighted by Gasteiger charge is 2.23. The molecular formula is C23H24FN3O. The van der Waals surface area contributed by atoms with Crippen LogP contribution in [0.4, 0.5) is 10.2 Å². The molecule has 0 radical (unpaired) electrons. The normalized spacial score (nSPS) is 19.4. The maximum Gasteiger partial charge on any atom is 0.251 e. The van der Waals surface area contributed by atoms with Crippen molar-refractivity contribution in [2.75, 3.05) is 5.32 Å². The lowest BCUT2D eigenvalue weighted by Crippen LogP contribution is -2.40. The monoisotopic (exact) mass is 377 g/mol. The van der Waals surface area contributed by atoms with Crippen molar-refractivity contribution in [3.05, 3.63) is 71.5 Å². The van der Waals surface area contributed by atoms with Crippen molar-refractivity contribution in [1.29, 1.82) is 0 Å². The predicted octanol–water partition coefficient (Wildman–Crippen LogP) is 4.84. The number of benzene rings is 2. The fraction of sp³-hybridized carbons (Fsp3) is 0.304. The average molecular weight is 377 g/mol. The Morgan fingerprint density at radius 1 is 1.00 bits per heavy atom. The predicted molar refractivity (Wildman–Crippen MR) is 110 cm³/mol. The molecule has 1 aliphatic rings. The molecule has 0 saturated heterocycles. The van der Waals surface area contributed by atoms with Crippen LogP contribution in [0.3, 0.4) is 0 Å². The summed E-state index contributed by atoms with van der Waals surface area (Å²) in [5.74, 6) is 0.443. The number of anilines is 1. The smallest absolute Gasteiger partial charge is 0.251 e. The van der Waals surface area contributed by atoms with Gasteiger partial charge in [-0.25, -0.2) is 9.37 Å². The van der Waals surface area contributed by atoms with Crippen LogP contribution in [0.1, 0.15) is 41.6 Å². The second kappa shape index (κ2) is 7.97. The van der Waals surface area contributed by atoms with Gasteiger partial charge in [0.2, 0.25) is 0 Å². The van der Waals surface area contributed by atoms with Gasteiger partial charge in [-0.2, -0.15) is 0 Å². The minimum absolute atomic E-state index is 0.136. The first kappa shape index (κ1) is 18.4. The largest absolute Gasteiger partial charge is 0.367 e. The number of pyridine rings is 1. The maximum absolute atomic E-state index is 13.0. The number of amides is 1. The quantitative estimate of drug-likeness (QED) is 0.684. The van der Waals surface area contributed by atoms with Crippen molar-refractivity contribution in [2.24, 2.45) is 0 Å². The van der Waals surface area contributed by atoms with E-state index in [1.807, 2.05) is 18.2 Å². The van der Waals surface area contributed by atoms with E-state index in [4.69, 9.17) is 4.98 Å². The Balaban J connectivity index is 1.33. The van der Waals surface area contributed by atoms with Crippen molar-refractivity contribution in [3.8, 4) is 0 Å². The number of rotatable bonds is 4. The first-order valence-corrected chi connectivity index (χ1v) is 9.78. The van der Waals surface area contributed by atoms with Gasteiger partial charge in [-0.1, -0.05) is 18.2 Å². The third kappa shape index (κ3) is 4.14. The number of carbonyl (C=O) groups is 1. The Morgan fingerprint density at radius 2 is 1.68 bits per heavy atom. The van der Waals surface area contributed by atoms with Crippen molar-refractivity contribution < 1.29 is 9.18 Å². The van der Waals surface area contributed by atoms with Gasteiger partial charge < -0.3 is 10.6 Å². The van der Waals surface area contributed by atoms with Gasteiger partial charge in [0.05, 0.1) is 5.52 Å². The summed E-state index contributed by atoms with van der Waals surface area (Å²) in [6, 6.07) is 16.4. The van der Waals surface area contributed by atoms with Crippen molar-refractivity contribution >= 4 is 22.6 Å². The first-order valence-electron chi connectivity index (χ1n) is 9.78. The van der Waals surface area contributed by atoms with E-state index in [2.05, 4.69) is 29.7 Å². The lowest BCUT2D eigenvalue weighted by atomic mass is 9.91. The van der Waals surface area contributed by atoms with Crippen LogP contribution in [0.15, 0.2) is 54.6 Å². The fourth-order valence-corrected chi connectivity index (χ4v) is 3.88. The Hall–Kier alpha value is -2.95. The van der Waals surface area contributed by atoms with Crippen LogP contribution < -0.4 is 10.6 Å². The zero-order valence-electron chi connectivity index (χ0n) is 15.9. The Kier molecular flexibility index (Phi) is 5.24. The van der Waals surface area contributed by atoms with Crippen molar-refractivity contribution in [2.45, 2.75) is 44.7 Å². The van der Waals surface area contributed by atoms with Gasteiger partial charge in [0, 0.05) is 23.0 Å². The molecule has 0 unspecified atom stereocenters. The molecule has 1 aromatic heterocycles. The Morgan fingerprint density at radius 3 is 2.43 bits per heavy atom. The minimum Gasteiger partial charge on any atom is -0.367 e. The van der Waals surface area contributed by atoms with Crippen LogP contribution in [0.2, 0.25) is 0 Å². The van der Waals surface area contributed by atoms with Crippen molar-refractivity contribution in [3.63, 3.8) is 0 Å². The van der Waals surface area contributed by atoms with Crippen LogP contribution in [0.5, 0.6) is 0 Å². The summed E-state index contributed by atoms with van der Waals surface area (Å²) in [7, 11) is 0. The molecule has 1 amide bonds. The molecule has 5 heteroatoms. The average Bonchev–Trinajstić information content (AvgIpc) is 2.70. The lowest BCUT2D eigenvalue weighted by Gasteiger charge is -2.30. The van der Waals surface area contributed by atoms with E-state index >= 15 is 0 Å². The molecule has 1 fully saturated rings. The number of hydrogen-bond donors (Lipinski definition) is 2. The van der Waals surface area contributed by atoms with Gasteiger partial charge in [-0.15, -0.1) is 0 Å². The second-order valence-corrected chi connectivity index (χ2v) is 7.51. The number of para-hydroxylation sites is 1. The molecule has 0 spiro atoms. The zero-order valence-corrected chi connectivity index (χ0v) is 15.9. The summed E-state index contributed by atoms with van der Waals surface area (Å²) in [4.78, 5) is 17.0. The molecular weight excluding hydrogens is 353 g/mol. The highest BCUT2D eigenvalue weighted by Crippen LogP contribution is 2.25. The molecule has 2 aromatic carbocycles. The Labute approximate surface area is 164 Å². The second-order valence-electron chi connectivity index (χ2n) is 7.51. The third-order valence-corrected chi connectivity index (χ3v) is 5.44. The summed E-state index contributed by atoms with van der Waals surface area (Å²) < 4.78 is 13.0. The van der Waals surface area contributed by atoms with E-state index in [9.17, 15) is 9.18 Å². The molecule has 28 heavy (non-hydrogen) atoms. The van der Waals surface area contributed by atoms with E-state index in [0.717, 1.165) is 37.0 Å². The third-order valence-electron chi connectivity index (χ3n) is 5.44. The number of nitrogens with one attached hydrogen (secondary N) is 2. The minimum atomic E-state index is -0.333. The first-order chi connectivity index (χ1) is 13.6. The number of aromatic nitrogens is 1. The molecule has 4 nitrogen and oxygen atoms in total. The molecule has 4 rings (SSSR count). The molecule has 144 valence electrons. The van der Waals surface area contributed by atoms with E-state index in [0.29, 0.717) is 11.6 Å². The summed E-state index contributed by atoms with van der Waals surface area (Å²) in [5.41, 5.74) is 2.72.